The Morgan fingerprint density at radius 1 is 1.43 bits per heavy atom. The molecule has 2 N–H and O–H groups in total. The summed E-state index contributed by atoms with van der Waals surface area (Å²) in [6, 6.07) is 3.00. The fourth-order valence-corrected chi connectivity index (χ4v) is 4.44. The van der Waals surface area contributed by atoms with Gasteiger partial charge in [0, 0.05) is 11.1 Å². The molecule has 0 heterocycles. The number of nitrogens with one attached hydrogen (secondary N) is 1. The van der Waals surface area contributed by atoms with Crippen molar-refractivity contribution < 1.29 is 13.5 Å². The topological polar surface area (TPSA) is 66.4 Å². The highest BCUT2D eigenvalue weighted by Gasteiger charge is 2.28. The van der Waals surface area contributed by atoms with Gasteiger partial charge in [0.25, 0.3) is 0 Å². The first-order valence-corrected chi connectivity index (χ1v) is 9.15. The van der Waals surface area contributed by atoms with E-state index in [2.05, 4.69) is 4.72 Å². The van der Waals surface area contributed by atoms with E-state index >= 15 is 0 Å². The quantitative estimate of drug-likeness (QED) is 0.807. The standard InChI is InChI=1S/C15H22ClNO3S/c1-3-14(6-11-4-5-11)17-21(19,20)15-8-13(16)7-12(9-18)10(15)2/h7-8,11,14,17-18H,3-6,9H2,1-2H3. The predicted octanol–water partition coefficient (Wildman–Crippen LogP) is 3.00. The largest absolute Gasteiger partial charge is 0.392 e. The first-order valence-electron chi connectivity index (χ1n) is 7.29. The summed E-state index contributed by atoms with van der Waals surface area (Å²) in [5.41, 5.74) is 1.09. The van der Waals surface area contributed by atoms with Crippen LogP contribution in [0.1, 0.15) is 43.7 Å². The maximum absolute atomic E-state index is 12.6. The van der Waals surface area contributed by atoms with E-state index in [1.807, 2.05) is 6.92 Å². The minimum absolute atomic E-state index is 0.0431. The highest BCUT2D eigenvalue weighted by molar-refractivity contribution is 7.89. The van der Waals surface area contributed by atoms with Crippen LogP contribution in [0.2, 0.25) is 5.02 Å². The molecule has 0 saturated heterocycles. The lowest BCUT2D eigenvalue weighted by Gasteiger charge is -2.19. The van der Waals surface area contributed by atoms with Gasteiger partial charge in [0.15, 0.2) is 0 Å². The van der Waals surface area contributed by atoms with Crippen LogP contribution in [0.4, 0.5) is 0 Å². The van der Waals surface area contributed by atoms with Gasteiger partial charge >= 0.3 is 0 Å². The van der Waals surface area contributed by atoms with E-state index in [-0.39, 0.29) is 17.5 Å². The van der Waals surface area contributed by atoms with E-state index in [4.69, 9.17) is 11.6 Å². The molecule has 0 amide bonds. The molecule has 0 spiro atoms. The van der Waals surface area contributed by atoms with Crippen LogP contribution < -0.4 is 4.72 Å². The van der Waals surface area contributed by atoms with Crippen molar-refractivity contribution >= 4 is 21.6 Å². The molecule has 0 aromatic heterocycles. The summed E-state index contributed by atoms with van der Waals surface area (Å²) in [5, 5.41) is 9.63. The Balaban J connectivity index is 2.27. The number of sulfonamides is 1. The van der Waals surface area contributed by atoms with Crippen LogP contribution in [0, 0.1) is 12.8 Å². The Labute approximate surface area is 131 Å². The van der Waals surface area contributed by atoms with Gasteiger partial charge in [0.05, 0.1) is 11.5 Å². The number of aliphatic hydroxyl groups is 1. The molecule has 4 nitrogen and oxygen atoms in total. The summed E-state index contributed by atoms with van der Waals surface area (Å²) >= 11 is 5.97. The van der Waals surface area contributed by atoms with Gasteiger partial charge in [-0.25, -0.2) is 13.1 Å². The van der Waals surface area contributed by atoms with Crippen molar-refractivity contribution in [2.75, 3.05) is 0 Å². The highest BCUT2D eigenvalue weighted by Crippen LogP contribution is 2.34. The summed E-state index contributed by atoms with van der Waals surface area (Å²) in [5.74, 6) is 0.658. The molecule has 1 aliphatic rings. The van der Waals surface area contributed by atoms with Gasteiger partial charge in [0.1, 0.15) is 0 Å². The van der Waals surface area contributed by atoms with Crippen molar-refractivity contribution in [3.8, 4) is 0 Å². The number of hydrogen-bond acceptors (Lipinski definition) is 3. The Morgan fingerprint density at radius 2 is 2.10 bits per heavy atom. The van der Waals surface area contributed by atoms with E-state index in [0.29, 0.717) is 22.1 Å². The van der Waals surface area contributed by atoms with Crippen molar-refractivity contribution in [2.45, 2.75) is 57.1 Å². The molecule has 2 rings (SSSR count). The average Bonchev–Trinajstić information content (AvgIpc) is 3.23. The summed E-state index contributed by atoms with van der Waals surface area (Å²) in [6.45, 7) is 3.45. The molecule has 1 aromatic rings. The fourth-order valence-electron chi connectivity index (χ4n) is 2.49. The molecule has 0 aliphatic heterocycles. The molecule has 21 heavy (non-hydrogen) atoms. The molecular formula is C15H22ClNO3S. The zero-order chi connectivity index (χ0) is 15.6. The molecule has 0 radical (unpaired) electrons. The Kier molecular flexibility index (Phi) is 5.30. The van der Waals surface area contributed by atoms with Gasteiger partial charge < -0.3 is 5.11 Å². The molecular weight excluding hydrogens is 310 g/mol. The number of rotatable bonds is 7. The lowest BCUT2D eigenvalue weighted by Crippen LogP contribution is -2.35. The van der Waals surface area contributed by atoms with Crippen LogP contribution in [0.5, 0.6) is 0 Å². The SMILES string of the molecule is CCC(CC1CC1)NS(=O)(=O)c1cc(Cl)cc(CO)c1C. The van der Waals surface area contributed by atoms with Crippen LogP contribution in [0.3, 0.4) is 0 Å². The molecule has 1 aliphatic carbocycles. The van der Waals surface area contributed by atoms with Crippen molar-refractivity contribution in [3.63, 3.8) is 0 Å². The monoisotopic (exact) mass is 331 g/mol. The van der Waals surface area contributed by atoms with Gasteiger partial charge in [-0.1, -0.05) is 31.4 Å². The average molecular weight is 332 g/mol. The van der Waals surface area contributed by atoms with Crippen molar-refractivity contribution in [1.29, 1.82) is 0 Å². The summed E-state index contributed by atoms with van der Waals surface area (Å²) < 4.78 is 28.0. The number of halogens is 1. The van der Waals surface area contributed by atoms with Crippen LogP contribution in [0.25, 0.3) is 0 Å². The second kappa shape index (κ2) is 6.65. The number of aliphatic hydroxyl groups excluding tert-OH is 1. The van der Waals surface area contributed by atoms with Gasteiger partial charge in [-0.3, -0.25) is 0 Å². The first kappa shape index (κ1) is 16.7. The molecule has 1 unspecified atom stereocenters. The summed E-state index contributed by atoms with van der Waals surface area (Å²) in [7, 11) is -3.62. The molecule has 1 saturated carbocycles. The van der Waals surface area contributed by atoms with Crippen LogP contribution in [0.15, 0.2) is 17.0 Å². The Hall–Kier alpha value is -0.620. The summed E-state index contributed by atoms with van der Waals surface area (Å²) in [6.07, 6.45) is 4.05. The van der Waals surface area contributed by atoms with Crippen molar-refractivity contribution in [1.82, 2.24) is 4.72 Å². The maximum Gasteiger partial charge on any atom is 0.241 e. The smallest absolute Gasteiger partial charge is 0.241 e. The van der Waals surface area contributed by atoms with E-state index < -0.39 is 10.0 Å². The maximum atomic E-state index is 12.6. The normalized spacial score (nSPS) is 17.0. The third kappa shape index (κ3) is 4.19. The van der Waals surface area contributed by atoms with E-state index in [1.54, 1.807) is 13.0 Å². The van der Waals surface area contributed by atoms with Gasteiger partial charge in [-0.05, 0) is 48.9 Å². The highest BCUT2D eigenvalue weighted by atomic mass is 35.5. The number of benzene rings is 1. The zero-order valence-electron chi connectivity index (χ0n) is 12.4. The Morgan fingerprint density at radius 3 is 2.62 bits per heavy atom. The zero-order valence-corrected chi connectivity index (χ0v) is 14.0. The summed E-state index contributed by atoms with van der Waals surface area (Å²) in [4.78, 5) is 0.160. The molecule has 1 aromatic carbocycles. The second-order valence-corrected chi connectivity index (χ2v) is 7.87. The van der Waals surface area contributed by atoms with Gasteiger partial charge in [-0.15, -0.1) is 0 Å². The van der Waals surface area contributed by atoms with Crippen LogP contribution in [-0.2, 0) is 16.6 Å². The van der Waals surface area contributed by atoms with Crippen molar-refractivity contribution in [2.24, 2.45) is 5.92 Å². The second-order valence-electron chi connectivity index (χ2n) is 5.75. The minimum atomic E-state index is -3.62. The van der Waals surface area contributed by atoms with E-state index in [0.717, 1.165) is 12.8 Å². The first-order chi connectivity index (χ1) is 9.87. The third-order valence-corrected chi connectivity index (χ3v) is 5.89. The van der Waals surface area contributed by atoms with E-state index in [1.165, 1.54) is 18.9 Å². The molecule has 6 heteroatoms. The number of hydrogen-bond donors (Lipinski definition) is 2. The lowest BCUT2D eigenvalue weighted by molar-refractivity contribution is 0.280. The fraction of sp³-hybridized carbons (Fsp3) is 0.600. The van der Waals surface area contributed by atoms with Crippen LogP contribution >= 0.6 is 11.6 Å². The van der Waals surface area contributed by atoms with Crippen LogP contribution in [-0.4, -0.2) is 19.6 Å². The lowest BCUT2D eigenvalue weighted by atomic mass is 10.1. The third-order valence-electron chi connectivity index (χ3n) is 4.02. The molecule has 0 bridgehead atoms. The van der Waals surface area contributed by atoms with Crippen molar-refractivity contribution in [3.05, 3.63) is 28.3 Å². The Bertz CT molecular complexity index is 612. The molecule has 1 atom stereocenters. The van der Waals surface area contributed by atoms with E-state index in [9.17, 15) is 13.5 Å². The predicted molar refractivity (Wildman–Crippen MR) is 83.9 cm³/mol. The minimum Gasteiger partial charge on any atom is -0.392 e. The van der Waals surface area contributed by atoms with Gasteiger partial charge in [-0.2, -0.15) is 0 Å². The molecule has 1 fully saturated rings. The van der Waals surface area contributed by atoms with Gasteiger partial charge in [0.2, 0.25) is 10.0 Å². The molecule has 118 valence electrons.